The quantitative estimate of drug-likeness (QED) is 0.587. The van der Waals surface area contributed by atoms with Crippen molar-refractivity contribution in [1.29, 1.82) is 5.26 Å². The van der Waals surface area contributed by atoms with Crippen molar-refractivity contribution in [3.05, 3.63) is 36.4 Å². The number of nitrogens with zero attached hydrogens (tertiary/aromatic N) is 7. The summed E-state index contributed by atoms with van der Waals surface area (Å²) in [6, 6.07) is 7.46. The van der Waals surface area contributed by atoms with E-state index in [4.69, 9.17) is 5.26 Å². The number of hydrogen-bond donors (Lipinski definition) is 2. The first-order chi connectivity index (χ1) is 16.6. The van der Waals surface area contributed by atoms with Crippen molar-refractivity contribution < 1.29 is 9.18 Å². The van der Waals surface area contributed by atoms with E-state index in [0.29, 0.717) is 32.0 Å². The van der Waals surface area contributed by atoms with Crippen LogP contribution in [0.2, 0.25) is 0 Å². The van der Waals surface area contributed by atoms with Crippen molar-refractivity contribution in [3.8, 4) is 17.5 Å². The second-order valence-electron chi connectivity index (χ2n) is 8.52. The van der Waals surface area contributed by atoms with Crippen LogP contribution >= 0.6 is 0 Å². The number of nitriles is 1. The van der Waals surface area contributed by atoms with Gasteiger partial charge in [0.15, 0.2) is 17.5 Å². The highest BCUT2D eigenvalue weighted by Gasteiger charge is 2.27. The maximum atomic E-state index is 15.7. The van der Waals surface area contributed by atoms with E-state index in [0.717, 1.165) is 37.0 Å². The fraction of sp³-hybridized carbons (Fsp3) is 0.435. The van der Waals surface area contributed by atoms with Gasteiger partial charge in [0.1, 0.15) is 6.42 Å². The lowest BCUT2D eigenvalue weighted by Crippen LogP contribution is -2.46. The Hall–Kier alpha value is -3.78. The van der Waals surface area contributed by atoms with E-state index in [9.17, 15) is 4.79 Å². The lowest BCUT2D eigenvalue weighted by Gasteiger charge is -2.34. The van der Waals surface area contributed by atoms with E-state index in [1.807, 2.05) is 35.4 Å². The zero-order valence-corrected chi connectivity index (χ0v) is 18.7. The summed E-state index contributed by atoms with van der Waals surface area (Å²) in [6.45, 7) is 3.78. The average Bonchev–Trinajstić information content (AvgIpc) is 3.30. The number of piperidine rings is 1. The molecule has 0 bridgehead atoms. The molecule has 5 rings (SSSR count). The van der Waals surface area contributed by atoms with Crippen LogP contribution in [0.15, 0.2) is 30.6 Å². The maximum absolute atomic E-state index is 15.7. The van der Waals surface area contributed by atoms with E-state index < -0.39 is 5.82 Å². The number of likely N-dealkylation sites (tertiary alicyclic amines) is 1. The molecule has 2 fully saturated rings. The largest absolute Gasteiger partial charge is 0.363 e. The van der Waals surface area contributed by atoms with Crippen molar-refractivity contribution in [2.75, 3.05) is 49.5 Å². The van der Waals surface area contributed by atoms with Crippen molar-refractivity contribution in [2.45, 2.75) is 25.3 Å². The summed E-state index contributed by atoms with van der Waals surface area (Å²) in [4.78, 5) is 25.0. The Morgan fingerprint density at radius 1 is 1.26 bits per heavy atom. The molecular weight excluding hydrogens is 437 g/mol. The van der Waals surface area contributed by atoms with E-state index in [2.05, 4.69) is 25.7 Å². The Kier molecular flexibility index (Phi) is 6.22. The molecule has 176 valence electrons. The molecule has 0 aliphatic carbocycles. The van der Waals surface area contributed by atoms with Crippen molar-refractivity contribution in [2.24, 2.45) is 0 Å². The predicted octanol–water partition coefficient (Wildman–Crippen LogP) is 1.66. The first kappa shape index (κ1) is 22.0. The number of anilines is 2. The monoisotopic (exact) mass is 463 g/mol. The fourth-order valence-corrected chi connectivity index (χ4v) is 4.54. The molecule has 2 aliphatic rings. The topological polar surface area (TPSA) is 114 Å². The molecular formula is C23H26FN9O. The number of hydrogen-bond acceptors (Lipinski definition) is 8. The Balaban J connectivity index is 1.50. The number of nitrogens with one attached hydrogen (secondary N) is 2. The first-order valence-electron chi connectivity index (χ1n) is 11.5. The smallest absolute Gasteiger partial charge is 0.236 e. The average molecular weight is 464 g/mol. The van der Waals surface area contributed by atoms with Gasteiger partial charge in [-0.25, -0.2) is 14.5 Å². The van der Waals surface area contributed by atoms with Crippen LogP contribution in [0.1, 0.15) is 19.3 Å². The van der Waals surface area contributed by atoms with Gasteiger partial charge in [0.05, 0.1) is 23.3 Å². The third kappa shape index (κ3) is 4.36. The number of carbonyl (C=O) groups is 1. The van der Waals surface area contributed by atoms with Crippen LogP contribution in [0.5, 0.6) is 0 Å². The number of halogens is 1. The lowest BCUT2D eigenvalue weighted by atomic mass is 10.1. The van der Waals surface area contributed by atoms with Gasteiger partial charge in [0.2, 0.25) is 11.7 Å². The van der Waals surface area contributed by atoms with Crippen LogP contribution in [0.4, 0.5) is 16.0 Å². The first-order valence-corrected chi connectivity index (χ1v) is 11.5. The number of rotatable bonds is 5. The van der Waals surface area contributed by atoms with Gasteiger partial charge in [0, 0.05) is 51.5 Å². The molecule has 0 unspecified atom stereocenters. The Bertz CT molecular complexity index is 1230. The standard InChI is InChI=1S/C23H26FN9O/c24-20-22(28-16-4-3-10-32(15-16)19(34)6-7-25)29-21(30-23(20)31-12-8-26-9-13-31)17-14-27-33-11-2-1-5-18(17)33/h1-2,5,11,14,16,26H,3-4,6,8-10,12-13,15H2,(H,28,29,30)/t16-/m1/s1. The van der Waals surface area contributed by atoms with Crippen LogP contribution in [-0.4, -0.2) is 75.7 Å². The van der Waals surface area contributed by atoms with Gasteiger partial charge < -0.3 is 20.4 Å². The van der Waals surface area contributed by atoms with E-state index in [-0.39, 0.29) is 30.0 Å². The Morgan fingerprint density at radius 2 is 2.12 bits per heavy atom. The molecule has 1 atom stereocenters. The zero-order chi connectivity index (χ0) is 23.5. The third-order valence-electron chi connectivity index (χ3n) is 6.26. The summed E-state index contributed by atoms with van der Waals surface area (Å²) < 4.78 is 17.5. The summed E-state index contributed by atoms with van der Waals surface area (Å²) in [5.74, 6) is 0.0751. The highest BCUT2D eigenvalue weighted by molar-refractivity contribution is 5.79. The summed E-state index contributed by atoms with van der Waals surface area (Å²) >= 11 is 0. The molecule has 0 saturated carbocycles. The third-order valence-corrected chi connectivity index (χ3v) is 6.26. The second kappa shape index (κ2) is 9.61. The zero-order valence-electron chi connectivity index (χ0n) is 18.7. The molecule has 0 radical (unpaired) electrons. The van der Waals surface area contributed by atoms with Crippen molar-refractivity contribution >= 4 is 23.1 Å². The molecule has 11 heteroatoms. The van der Waals surface area contributed by atoms with Crippen LogP contribution in [0.25, 0.3) is 16.9 Å². The van der Waals surface area contributed by atoms with Crippen LogP contribution < -0.4 is 15.5 Å². The summed E-state index contributed by atoms with van der Waals surface area (Å²) in [7, 11) is 0. The number of piperazine rings is 1. The van der Waals surface area contributed by atoms with E-state index >= 15 is 4.39 Å². The molecule has 1 amide bonds. The van der Waals surface area contributed by atoms with Gasteiger partial charge in [-0.2, -0.15) is 14.8 Å². The van der Waals surface area contributed by atoms with E-state index in [1.54, 1.807) is 15.6 Å². The second-order valence-corrected chi connectivity index (χ2v) is 8.52. The van der Waals surface area contributed by atoms with Gasteiger partial charge in [-0.1, -0.05) is 6.07 Å². The molecule has 3 aromatic rings. The Labute approximate surface area is 196 Å². The number of aromatic nitrogens is 4. The molecule has 10 nitrogen and oxygen atoms in total. The highest BCUT2D eigenvalue weighted by atomic mass is 19.1. The molecule has 34 heavy (non-hydrogen) atoms. The lowest BCUT2D eigenvalue weighted by molar-refractivity contribution is -0.131. The minimum Gasteiger partial charge on any atom is -0.363 e. The SMILES string of the molecule is N#CCC(=O)N1CCC[C@@H](Nc2nc(-c3cnn4ccccc34)nc(N3CCNCC3)c2F)C1. The van der Waals surface area contributed by atoms with Gasteiger partial charge in [-0.15, -0.1) is 0 Å². The number of carbonyl (C=O) groups excluding carboxylic acids is 1. The normalized spacial score (nSPS) is 18.6. The van der Waals surface area contributed by atoms with Gasteiger partial charge >= 0.3 is 0 Å². The molecule has 5 heterocycles. The molecule has 0 spiro atoms. The summed E-state index contributed by atoms with van der Waals surface area (Å²) in [5.41, 5.74) is 1.55. The minimum absolute atomic E-state index is 0.119. The van der Waals surface area contributed by atoms with Crippen molar-refractivity contribution in [1.82, 2.24) is 29.8 Å². The van der Waals surface area contributed by atoms with Crippen LogP contribution in [0, 0.1) is 17.1 Å². The highest BCUT2D eigenvalue weighted by Crippen LogP contribution is 2.30. The number of pyridine rings is 1. The minimum atomic E-state index is -0.498. The maximum Gasteiger partial charge on any atom is 0.236 e. The summed E-state index contributed by atoms with van der Waals surface area (Å²) in [5, 5.41) is 19.8. The fourth-order valence-electron chi connectivity index (χ4n) is 4.54. The molecule has 2 saturated heterocycles. The number of fused-ring (bicyclic) bond motifs is 1. The molecule has 2 N–H and O–H groups in total. The van der Waals surface area contributed by atoms with Crippen LogP contribution in [-0.2, 0) is 4.79 Å². The van der Waals surface area contributed by atoms with Gasteiger partial charge in [-0.3, -0.25) is 4.79 Å². The number of amides is 1. The van der Waals surface area contributed by atoms with Crippen molar-refractivity contribution in [3.63, 3.8) is 0 Å². The van der Waals surface area contributed by atoms with Crippen LogP contribution in [0.3, 0.4) is 0 Å². The Morgan fingerprint density at radius 3 is 2.94 bits per heavy atom. The molecule has 2 aliphatic heterocycles. The van der Waals surface area contributed by atoms with E-state index in [1.165, 1.54) is 0 Å². The molecule has 3 aromatic heterocycles. The van der Waals surface area contributed by atoms with Gasteiger partial charge in [0.25, 0.3) is 0 Å². The summed E-state index contributed by atoms with van der Waals surface area (Å²) in [6.07, 6.45) is 4.92. The molecule has 0 aromatic carbocycles. The predicted molar refractivity (Wildman–Crippen MR) is 125 cm³/mol. The van der Waals surface area contributed by atoms with Gasteiger partial charge in [-0.05, 0) is 25.0 Å².